The first kappa shape index (κ1) is 20.7. The lowest BCUT2D eigenvalue weighted by Crippen LogP contribution is -2.35. The van der Waals surface area contributed by atoms with Gasteiger partial charge < -0.3 is 20.3 Å². The summed E-state index contributed by atoms with van der Waals surface area (Å²) >= 11 is 9.14. The van der Waals surface area contributed by atoms with Crippen LogP contribution in [0.15, 0.2) is 39.7 Å². The molecule has 11 heteroatoms. The standard InChI is InChI=1S/C17H16BrClN2O6S/c18-9-1-2-14(22)15(5-9)28(25,26)21-13-7-10(19)6-12(16(13)23)17(24)20-11-3-4-27-8-11/h1-2,5-7,11,21-23H,3-4,8H2,(H,20,24). The molecule has 0 radical (unpaired) electrons. The van der Waals surface area contributed by atoms with Crippen molar-refractivity contribution in [2.24, 2.45) is 0 Å². The molecule has 0 bridgehead atoms. The Morgan fingerprint density at radius 1 is 1.25 bits per heavy atom. The highest BCUT2D eigenvalue weighted by molar-refractivity contribution is 9.10. The van der Waals surface area contributed by atoms with Gasteiger partial charge >= 0.3 is 0 Å². The third-order valence-corrected chi connectivity index (χ3v) is 6.15. The molecule has 1 atom stereocenters. The van der Waals surface area contributed by atoms with E-state index in [1.807, 2.05) is 0 Å². The van der Waals surface area contributed by atoms with Gasteiger partial charge in [-0.2, -0.15) is 0 Å². The second kappa shape index (κ2) is 8.16. The summed E-state index contributed by atoms with van der Waals surface area (Å²) in [5.41, 5.74) is -0.477. The van der Waals surface area contributed by atoms with Crippen LogP contribution in [0.5, 0.6) is 11.5 Å². The molecule has 0 aromatic heterocycles. The van der Waals surface area contributed by atoms with Gasteiger partial charge in [0.2, 0.25) is 0 Å². The number of phenolic OH excluding ortho intramolecular Hbond substituents is 2. The molecule has 2 aromatic rings. The van der Waals surface area contributed by atoms with E-state index in [-0.39, 0.29) is 22.3 Å². The number of hydrogen-bond acceptors (Lipinski definition) is 6. The van der Waals surface area contributed by atoms with Crippen molar-refractivity contribution in [1.82, 2.24) is 5.32 Å². The number of nitrogens with one attached hydrogen (secondary N) is 2. The van der Waals surface area contributed by atoms with E-state index >= 15 is 0 Å². The van der Waals surface area contributed by atoms with Crippen molar-refractivity contribution in [2.75, 3.05) is 17.9 Å². The predicted octanol–water partition coefficient (Wildman–Crippen LogP) is 2.83. The third kappa shape index (κ3) is 4.52. The molecule has 3 rings (SSSR count). The van der Waals surface area contributed by atoms with Crippen LogP contribution >= 0.6 is 27.5 Å². The van der Waals surface area contributed by atoms with E-state index in [0.717, 1.165) is 0 Å². The normalized spacial score (nSPS) is 16.7. The summed E-state index contributed by atoms with van der Waals surface area (Å²) < 4.78 is 33.0. The monoisotopic (exact) mass is 490 g/mol. The fraction of sp³-hybridized carbons (Fsp3) is 0.235. The van der Waals surface area contributed by atoms with Crippen molar-refractivity contribution in [1.29, 1.82) is 0 Å². The number of phenols is 2. The molecule has 2 aromatic carbocycles. The Hall–Kier alpha value is -2.01. The average molecular weight is 492 g/mol. The molecule has 1 fully saturated rings. The molecule has 1 saturated heterocycles. The summed E-state index contributed by atoms with van der Waals surface area (Å²) in [7, 11) is -4.27. The van der Waals surface area contributed by atoms with E-state index in [2.05, 4.69) is 26.0 Å². The number of carbonyl (C=O) groups excluding carboxylic acids is 1. The number of rotatable bonds is 5. The third-order valence-electron chi connectivity index (χ3n) is 4.04. The molecular formula is C17H16BrClN2O6S. The van der Waals surface area contributed by atoms with Crippen molar-refractivity contribution in [3.8, 4) is 11.5 Å². The zero-order valence-corrected chi connectivity index (χ0v) is 17.4. The number of amides is 1. The van der Waals surface area contributed by atoms with E-state index in [0.29, 0.717) is 24.1 Å². The maximum Gasteiger partial charge on any atom is 0.265 e. The van der Waals surface area contributed by atoms with E-state index < -0.39 is 32.3 Å². The smallest absolute Gasteiger partial charge is 0.265 e. The van der Waals surface area contributed by atoms with Crippen LogP contribution in [0.1, 0.15) is 16.8 Å². The van der Waals surface area contributed by atoms with Gasteiger partial charge in [-0.15, -0.1) is 0 Å². The number of hydrogen-bond donors (Lipinski definition) is 4. The van der Waals surface area contributed by atoms with Crippen LogP contribution in [-0.2, 0) is 14.8 Å². The van der Waals surface area contributed by atoms with Gasteiger partial charge in [-0.3, -0.25) is 9.52 Å². The Bertz CT molecular complexity index is 1020. The number of sulfonamides is 1. The number of aromatic hydroxyl groups is 2. The van der Waals surface area contributed by atoms with Crippen molar-refractivity contribution in [3.63, 3.8) is 0 Å². The Kier molecular flexibility index (Phi) is 6.04. The minimum atomic E-state index is -4.27. The maximum absolute atomic E-state index is 12.6. The van der Waals surface area contributed by atoms with Gasteiger partial charge in [0.1, 0.15) is 10.6 Å². The highest BCUT2D eigenvalue weighted by Crippen LogP contribution is 2.35. The van der Waals surface area contributed by atoms with E-state index in [9.17, 15) is 23.4 Å². The zero-order chi connectivity index (χ0) is 20.5. The van der Waals surface area contributed by atoms with Gasteiger partial charge in [0.15, 0.2) is 5.75 Å². The molecule has 1 amide bonds. The van der Waals surface area contributed by atoms with Crippen LogP contribution in [0.2, 0.25) is 5.02 Å². The lowest BCUT2D eigenvalue weighted by atomic mass is 10.1. The van der Waals surface area contributed by atoms with Gasteiger partial charge in [0.25, 0.3) is 15.9 Å². The average Bonchev–Trinajstić information content (AvgIpc) is 3.12. The molecule has 0 saturated carbocycles. The van der Waals surface area contributed by atoms with Crippen molar-refractivity contribution < 1.29 is 28.2 Å². The summed E-state index contributed by atoms with van der Waals surface area (Å²) in [5.74, 6) is -1.67. The van der Waals surface area contributed by atoms with Gasteiger partial charge in [-0.25, -0.2) is 8.42 Å². The molecule has 4 N–H and O–H groups in total. The Balaban J connectivity index is 1.93. The Labute approximate surface area is 174 Å². The Morgan fingerprint density at radius 2 is 2.00 bits per heavy atom. The van der Waals surface area contributed by atoms with Gasteiger partial charge in [0.05, 0.1) is 23.9 Å². The lowest BCUT2D eigenvalue weighted by Gasteiger charge is -2.15. The van der Waals surface area contributed by atoms with Gasteiger partial charge in [0, 0.05) is 16.1 Å². The SMILES string of the molecule is O=C(NC1CCOC1)c1cc(Cl)cc(NS(=O)(=O)c2cc(Br)ccc2O)c1O. The summed E-state index contributed by atoms with van der Waals surface area (Å²) in [5, 5.41) is 23.1. The topological polar surface area (TPSA) is 125 Å². The second-order valence-corrected chi connectivity index (χ2v) is 9.10. The first-order valence-electron chi connectivity index (χ1n) is 8.10. The molecule has 1 aliphatic heterocycles. The predicted molar refractivity (Wildman–Crippen MR) is 106 cm³/mol. The van der Waals surface area contributed by atoms with Crippen LogP contribution in [-0.4, -0.2) is 43.8 Å². The minimum Gasteiger partial charge on any atom is -0.507 e. The van der Waals surface area contributed by atoms with Crippen LogP contribution in [0.25, 0.3) is 0 Å². The largest absolute Gasteiger partial charge is 0.507 e. The van der Waals surface area contributed by atoms with Crippen molar-refractivity contribution in [2.45, 2.75) is 17.4 Å². The van der Waals surface area contributed by atoms with Crippen LogP contribution in [0, 0.1) is 0 Å². The van der Waals surface area contributed by atoms with Gasteiger partial charge in [-0.05, 0) is 36.8 Å². The zero-order valence-electron chi connectivity index (χ0n) is 14.3. The van der Waals surface area contributed by atoms with E-state index in [4.69, 9.17) is 16.3 Å². The number of halogens is 2. The fourth-order valence-corrected chi connectivity index (χ4v) is 4.58. The molecule has 28 heavy (non-hydrogen) atoms. The molecule has 1 heterocycles. The highest BCUT2D eigenvalue weighted by Gasteiger charge is 2.25. The summed E-state index contributed by atoms with van der Waals surface area (Å²) in [6, 6.07) is 6.08. The van der Waals surface area contributed by atoms with Gasteiger partial charge in [-0.1, -0.05) is 27.5 Å². The second-order valence-electron chi connectivity index (χ2n) is 6.10. The van der Waals surface area contributed by atoms with Crippen LogP contribution < -0.4 is 10.0 Å². The molecule has 1 unspecified atom stereocenters. The van der Waals surface area contributed by atoms with Crippen LogP contribution in [0.3, 0.4) is 0 Å². The van der Waals surface area contributed by atoms with Crippen molar-refractivity contribution in [3.05, 3.63) is 45.4 Å². The van der Waals surface area contributed by atoms with Crippen LogP contribution in [0.4, 0.5) is 5.69 Å². The molecule has 1 aliphatic rings. The first-order valence-corrected chi connectivity index (χ1v) is 10.8. The maximum atomic E-state index is 12.6. The highest BCUT2D eigenvalue weighted by atomic mass is 79.9. The number of carbonyl (C=O) groups is 1. The molecular weight excluding hydrogens is 476 g/mol. The van der Waals surface area contributed by atoms with Crippen molar-refractivity contribution >= 4 is 49.1 Å². The summed E-state index contributed by atoms with van der Waals surface area (Å²) in [4.78, 5) is 12.0. The Morgan fingerprint density at radius 3 is 2.68 bits per heavy atom. The van der Waals surface area contributed by atoms with E-state index in [1.165, 1.54) is 30.3 Å². The summed E-state index contributed by atoms with van der Waals surface area (Å²) in [6.45, 7) is 0.877. The minimum absolute atomic E-state index is 0.0433. The number of benzene rings is 2. The summed E-state index contributed by atoms with van der Waals surface area (Å²) in [6.07, 6.45) is 0.634. The first-order chi connectivity index (χ1) is 13.2. The fourth-order valence-electron chi connectivity index (χ4n) is 2.66. The molecule has 8 nitrogen and oxygen atoms in total. The lowest BCUT2D eigenvalue weighted by molar-refractivity contribution is 0.0927. The molecule has 0 spiro atoms. The molecule has 0 aliphatic carbocycles. The number of anilines is 1. The quantitative estimate of drug-likeness (QED) is 0.477. The number of ether oxygens (including phenoxy) is 1. The van der Waals surface area contributed by atoms with E-state index in [1.54, 1.807) is 0 Å². The molecule has 150 valence electrons.